The van der Waals surface area contributed by atoms with Crippen LogP contribution in [0.4, 0.5) is 4.39 Å². The molecule has 0 saturated heterocycles. The fourth-order valence-electron chi connectivity index (χ4n) is 2.06. The van der Waals surface area contributed by atoms with Crippen molar-refractivity contribution in [3.05, 3.63) is 52.3 Å². The molecule has 1 aromatic heterocycles. The van der Waals surface area contributed by atoms with Crippen molar-refractivity contribution in [2.24, 2.45) is 0 Å². The van der Waals surface area contributed by atoms with Crippen LogP contribution in [0.2, 0.25) is 0 Å². The Balaban J connectivity index is 2.18. The Morgan fingerprint density at radius 2 is 2.26 bits per heavy atom. The third-order valence-electron chi connectivity index (χ3n) is 3.00. The molecule has 0 radical (unpaired) electrons. The molecule has 0 spiro atoms. The van der Waals surface area contributed by atoms with E-state index in [0.717, 1.165) is 24.2 Å². The van der Waals surface area contributed by atoms with Crippen molar-refractivity contribution < 1.29 is 9.50 Å². The molecular formula is C14H16BrFN2O. The number of hydrogen-bond donors (Lipinski definition) is 1. The molecule has 1 heterocycles. The highest BCUT2D eigenvalue weighted by atomic mass is 79.9. The van der Waals surface area contributed by atoms with Gasteiger partial charge in [-0.3, -0.25) is 0 Å². The van der Waals surface area contributed by atoms with Gasteiger partial charge in [-0.15, -0.1) is 0 Å². The number of aliphatic hydroxyl groups is 1. The van der Waals surface area contributed by atoms with E-state index in [1.807, 2.05) is 4.57 Å². The molecule has 2 aromatic rings. The number of aryl methyl sites for hydroxylation is 1. The van der Waals surface area contributed by atoms with E-state index in [-0.39, 0.29) is 5.82 Å². The molecule has 0 aliphatic carbocycles. The number of imidazole rings is 1. The van der Waals surface area contributed by atoms with Crippen molar-refractivity contribution in [2.75, 3.05) is 0 Å². The Kier molecular flexibility index (Phi) is 4.71. The monoisotopic (exact) mass is 326 g/mol. The van der Waals surface area contributed by atoms with Gasteiger partial charge < -0.3 is 9.67 Å². The summed E-state index contributed by atoms with van der Waals surface area (Å²) in [6.07, 6.45) is 4.01. The predicted molar refractivity (Wildman–Crippen MR) is 75.3 cm³/mol. The van der Waals surface area contributed by atoms with Crippen molar-refractivity contribution in [2.45, 2.75) is 32.4 Å². The number of hydrogen-bond acceptors (Lipinski definition) is 2. The summed E-state index contributed by atoms with van der Waals surface area (Å²) < 4.78 is 15.8. The molecule has 5 heteroatoms. The Bertz CT molecular complexity index is 556. The zero-order valence-electron chi connectivity index (χ0n) is 10.7. The van der Waals surface area contributed by atoms with Gasteiger partial charge in [0.15, 0.2) is 0 Å². The van der Waals surface area contributed by atoms with E-state index in [1.54, 1.807) is 24.7 Å². The Hall–Kier alpha value is -1.20. The van der Waals surface area contributed by atoms with Crippen LogP contribution in [0.3, 0.4) is 0 Å². The highest BCUT2D eigenvalue weighted by Crippen LogP contribution is 2.26. The van der Waals surface area contributed by atoms with Crippen molar-refractivity contribution in [3.63, 3.8) is 0 Å². The summed E-state index contributed by atoms with van der Waals surface area (Å²) in [5.74, 6) is -0.313. The number of halogens is 2. The molecule has 0 aliphatic heterocycles. The van der Waals surface area contributed by atoms with Gasteiger partial charge in [0.1, 0.15) is 5.82 Å². The van der Waals surface area contributed by atoms with E-state index >= 15 is 0 Å². The molecule has 0 bridgehead atoms. The largest absolute Gasteiger partial charge is 0.386 e. The second-order valence-corrected chi connectivity index (χ2v) is 5.24. The molecule has 102 valence electrons. The number of nitrogens with zero attached hydrogens (tertiary/aromatic N) is 2. The smallest absolute Gasteiger partial charge is 0.137 e. The van der Waals surface area contributed by atoms with Crippen molar-refractivity contribution in [1.82, 2.24) is 9.55 Å². The van der Waals surface area contributed by atoms with E-state index in [0.29, 0.717) is 10.9 Å². The Labute approximate surface area is 120 Å². The van der Waals surface area contributed by atoms with Crippen molar-refractivity contribution in [1.29, 1.82) is 0 Å². The molecule has 1 N–H and O–H groups in total. The summed E-state index contributed by atoms with van der Waals surface area (Å²) in [4.78, 5) is 4.06. The minimum Gasteiger partial charge on any atom is -0.386 e. The first kappa shape index (κ1) is 14.2. The lowest BCUT2D eigenvalue weighted by molar-refractivity contribution is 0.168. The number of aromatic nitrogens is 2. The first-order chi connectivity index (χ1) is 9.13. The SMILES string of the molecule is CCCn1cncc1C(O)Cc1cccc(F)c1Br. The van der Waals surface area contributed by atoms with Crippen LogP contribution < -0.4 is 0 Å². The molecule has 1 unspecified atom stereocenters. The lowest BCUT2D eigenvalue weighted by atomic mass is 10.1. The number of aliphatic hydroxyl groups excluding tert-OH is 1. The molecule has 1 atom stereocenters. The lowest BCUT2D eigenvalue weighted by Crippen LogP contribution is -2.09. The molecule has 0 fully saturated rings. The van der Waals surface area contributed by atoms with Crippen LogP contribution >= 0.6 is 15.9 Å². The first-order valence-electron chi connectivity index (χ1n) is 6.24. The second kappa shape index (κ2) is 6.30. The summed E-state index contributed by atoms with van der Waals surface area (Å²) in [5, 5.41) is 10.3. The fraction of sp³-hybridized carbons (Fsp3) is 0.357. The topological polar surface area (TPSA) is 38.0 Å². The van der Waals surface area contributed by atoms with Gasteiger partial charge in [0.05, 0.1) is 28.8 Å². The van der Waals surface area contributed by atoms with Gasteiger partial charge in [0.2, 0.25) is 0 Å². The third kappa shape index (κ3) is 3.22. The number of rotatable bonds is 5. The maximum atomic E-state index is 13.4. The third-order valence-corrected chi connectivity index (χ3v) is 3.88. The van der Waals surface area contributed by atoms with Gasteiger partial charge >= 0.3 is 0 Å². The lowest BCUT2D eigenvalue weighted by Gasteiger charge is -2.14. The van der Waals surface area contributed by atoms with Crippen LogP contribution in [0.1, 0.15) is 30.7 Å². The van der Waals surface area contributed by atoms with Crippen LogP contribution in [-0.4, -0.2) is 14.7 Å². The van der Waals surface area contributed by atoms with Gasteiger partial charge in [-0.2, -0.15) is 0 Å². The van der Waals surface area contributed by atoms with Gasteiger partial charge in [-0.05, 0) is 34.0 Å². The normalized spacial score (nSPS) is 12.6. The zero-order chi connectivity index (χ0) is 13.8. The van der Waals surface area contributed by atoms with Gasteiger partial charge in [0, 0.05) is 13.0 Å². The van der Waals surface area contributed by atoms with E-state index in [4.69, 9.17) is 0 Å². The molecule has 0 aliphatic rings. The summed E-state index contributed by atoms with van der Waals surface area (Å²) in [5.41, 5.74) is 1.51. The van der Waals surface area contributed by atoms with Gasteiger partial charge in [0.25, 0.3) is 0 Å². The number of benzene rings is 1. The van der Waals surface area contributed by atoms with Crippen molar-refractivity contribution in [3.8, 4) is 0 Å². The summed E-state index contributed by atoms with van der Waals surface area (Å²) in [7, 11) is 0. The van der Waals surface area contributed by atoms with E-state index in [1.165, 1.54) is 6.07 Å². The highest BCUT2D eigenvalue weighted by molar-refractivity contribution is 9.10. The molecule has 0 saturated carbocycles. The van der Waals surface area contributed by atoms with E-state index < -0.39 is 6.10 Å². The predicted octanol–water partition coefficient (Wildman–Crippen LogP) is 3.47. The molecular weight excluding hydrogens is 311 g/mol. The fourth-order valence-corrected chi connectivity index (χ4v) is 2.48. The standard InChI is InChI=1S/C14H16BrFN2O/c1-2-6-18-9-17-8-12(18)13(19)7-10-4-3-5-11(16)14(10)15/h3-5,8-9,13,19H,2,6-7H2,1H3. The summed E-state index contributed by atoms with van der Waals surface area (Å²) >= 11 is 3.21. The van der Waals surface area contributed by atoms with Crippen LogP contribution in [0.25, 0.3) is 0 Å². The summed E-state index contributed by atoms with van der Waals surface area (Å²) in [6, 6.07) is 4.84. The van der Waals surface area contributed by atoms with Crippen molar-refractivity contribution >= 4 is 15.9 Å². The van der Waals surface area contributed by atoms with Gasteiger partial charge in [-0.25, -0.2) is 9.37 Å². The first-order valence-corrected chi connectivity index (χ1v) is 7.03. The molecule has 2 rings (SSSR count). The molecule has 1 aromatic carbocycles. The average Bonchev–Trinajstić information content (AvgIpc) is 2.84. The van der Waals surface area contributed by atoms with Crippen LogP contribution in [-0.2, 0) is 13.0 Å². The van der Waals surface area contributed by atoms with E-state index in [2.05, 4.69) is 27.8 Å². The second-order valence-electron chi connectivity index (χ2n) is 4.44. The Morgan fingerprint density at radius 1 is 1.47 bits per heavy atom. The van der Waals surface area contributed by atoms with Gasteiger partial charge in [-0.1, -0.05) is 19.1 Å². The molecule has 3 nitrogen and oxygen atoms in total. The van der Waals surface area contributed by atoms with E-state index in [9.17, 15) is 9.50 Å². The maximum absolute atomic E-state index is 13.4. The minimum absolute atomic E-state index is 0.313. The van der Waals surface area contributed by atoms with Crippen LogP contribution in [0, 0.1) is 5.82 Å². The van der Waals surface area contributed by atoms with Crippen LogP contribution in [0.15, 0.2) is 35.2 Å². The maximum Gasteiger partial charge on any atom is 0.137 e. The quantitative estimate of drug-likeness (QED) is 0.913. The highest BCUT2D eigenvalue weighted by Gasteiger charge is 2.16. The average molecular weight is 327 g/mol. The van der Waals surface area contributed by atoms with Crippen LogP contribution in [0.5, 0.6) is 0 Å². The zero-order valence-corrected chi connectivity index (χ0v) is 12.3. The molecule has 19 heavy (non-hydrogen) atoms. The molecule has 0 amide bonds. The minimum atomic E-state index is -0.688. The summed E-state index contributed by atoms with van der Waals surface area (Å²) in [6.45, 7) is 2.88. The Morgan fingerprint density at radius 3 is 3.00 bits per heavy atom.